The number of hydrogen-bond acceptors (Lipinski definition) is 6. The van der Waals surface area contributed by atoms with Crippen LogP contribution in [0.1, 0.15) is 30.1 Å². The first-order valence-electron chi connectivity index (χ1n) is 8.04. The van der Waals surface area contributed by atoms with Crippen molar-refractivity contribution < 1.29 is 28.0 Å². The lowest BCUT2D eigenvalue weighted by atomic mass is 10.2. The van der Waals surface area contributed by atoms with Gasteiger partial charge in [0.1, 0.15) is 10.6 Å². The average molecular weight is 394 g/mol. The number of nitrogens with zero attached hydrogens (tertiary/aromatic N) is 1. The molecule has 27 heavy (non-hydrogen) atoms. The minimum Gasteiger partial charge on any atom is -0.478 e. The lowest BCUT2D eigenvalue weighted by Crippen LogP contribution is -2.25. The van der Waals surface area contributed by atoms with E-state index in [9.17, 15) is 28.4 Å². The summed E-state index contributed by atoms with van der Waals surface area (Å²) in [5, 5.41) is 20.6. The number of para-hydroxylation sites is 1. The van der Waals surface area contributed by atoms with Gasteiger partial charge in [0.25, 0.3) is 0 Å². The number of sulfonamides is 1. The van der Waals surface area contributed by atoms with Gasteiger partial charge in [-0.15, -0.1) is 0 Å². The van der Waals surface area contributed by atoms with Crippen molar-refractivity contribution in [1.29, 1.82) is 0 Å². The summed E-state index contributed by atoms with van der Waals surface area (Å²) >= 11 is 0. The molecule has 0 unspecified atom stereocenters. The van der Waals surface area contributed by atoms with Gasteiger partial charge in [-0.2, -0.15) is 0 Å². The number of ether oxygens (including phenoxy) is 1. The average Bonchev–Trinajstić information content (AvgIpc) is 2.62. The minimum atomic E-state index is -4.24. The van der Waals surface area contributed by atoms with E-state index in [1.165, 1.54) is 12.1 Å². The zero-order chi connectivity index (χ0) is 20.0. The van der Waals surface area contributed by atoms with Gasteiger partial charge in [0.05, 0.1) is 10.5 Å². The number of nitro benzene ring substituents is 1. The van der Waals surface area contributed by atoms with Crippen LogP contribution in [-0.2, 0) is 10.0 Å². The second kappa shape index (κ2) is 8.60. The van der Waals surface area contributed by atoms with Gasteiger partial charge in [-0.3, -0.25) is 10.1 Å². The molecule has 0 amide bonds. The first-order valence-corrected chi connectivity index (χ1v) is 9.53. The summed E-state index contributed by atoms with van der Waals surface area (Å²) in [7, 11) is -4.24. The van der Waals surface area contributed by atoms with E-state index in [4.69, 9.17) is 4.74 Å². The van der Waals surface area contributed by atoms with Crippen molar-refractivity contribution in [3.8, 4) is 11.5 Å². The summed E-state index contributed by atoms with van der Waals surface area (Å²) in [5.41, 5.74) is -1.28. The van der Waals surface area contributed by atoms with Crippen LogP contribution in [0.5, 0.6) is 11.5 Å². The predicted octanol–water partition coefficient (Wildman–Crippen LogP) is 3.16. The normalized spacial score (nSPS) is 11.1. The maximum Gasteiger partial charge on any atom is 0.335 e. The first-order chi connectivity index (χ1) is 12.8. The number of unbranched alkanes of at least 4 members (excludes halogenated alkanes) is 1. The fraction of sp³-hybridized carbons (Fsp3) is 0.235. The number of nitrogens with one attached hydrogen (secondary N) is 1. The molecule has 0 saturated heterocycles. The Hall–Kier alpha value is -2.98. The molecule has 0 atom stereocenters. The molecule has 0 radical (unpaired) electrons. The fourth-order valence-electron chi connectivity index (χ4n) is 2.22. The smallest absolute Gasteiger partial charge is 0.335 e. The Labute approximate surface area is 155 Å². The molecule has 144 valence electrons. The van der Waals surface area contributed by atoms with E-state index in [1.54, 1.807) is 18.2 Å². The molecule has 0 aliphatic carbocycles. The van der Waals surface area contributed by atoms with Crippen molar-refractivity contribution >= 4 is 21.7 Å². The molecule has 0 heterocycles. The Bertz CT molecular complexity index is 943. The summed E-state index contributed by atoms with van der Waals surface area (Å²) in [4.78, 5) is 21.3. The molecule has 2 rings (SSSR count). The van der Waals surface area contributed by atoms with Crippen LogP contribution in [0.15, 0.2) is 47.4 Å². The highest BCUT2D eigenvalue weighted by atomic mass is 32.2. The van der Waals surface area contributed by atoms with E-state index in [-0.39, 0.29) is 12.3 Å². The van der Waals surface area contributed by atoms with E-state index in [0.717, 1.165) is 18.6 Å². The van der Waals surface area contributed by atoms with Crippen LogP contribution < -0.4 is 9.46 Å². The van der Waals surface area contributed by atoms with Gasteiger partial charge in [-0.25, -0.2) is 17.9 Å². The molecule has 9 nitrogen and oxygen atoms in total. The van der Waals surface area contributed by atoms with Crippen LogP contribution in [0.3, 0.4) is 0 Å². The number of rotatable bonds is 9. The third kappa shape index (κ3) is 5.02. The maximum absolute atomic E-state index is 12.7. The number of aromatic carboxylic acids is 1. The Morgan fingerprint density at radius 2 is 1.93 bits per heavy atom. The first kappa shape index (κ1) is 20.3. The summed E-state index contributed by atoms with van der Waals surface area (Å²) < 4.78 is 33.1. The van der Waals surface area contributed by atoms with Crippen LogP contribution in [0.25, 0.3) is 0 Å². The predicted molar refractivity (Wildman–Crippen MR) is 96.7 cm³/mol. The van der Waals surface area contributed by atoms with Gasteiger partial charge in [0, 0.05) is 12.6 Å². The van der Waals surface area contributed by atoms with Gasteiger partial charge in [-0.1, -0.05) is 31.5 Å². The molecule has 2 aromatic rings. The second-order valence-corrected chi connectivity index (χ2v) is 7.29. The Kier molecular flexibility index (Phi) is 6.48. The Balaban J connectivity index is 2.66. The topological polar surface area (TPSA) is 136 Å². The molecule has 0 saturated carbocycles. The summed E-state index contributed by atoms with van der Waals surface area (Å²) in [6, 6.07) is 9.53. The highest BCUT2D eigenvalue weighted by molar-refractivity contribution is 7.89. The van der Waals surface area contributed by atoms with Crippen molar-refractivity contribution in [2.24, 2.45) is 0 Å². The highest BCUT2D eigenvalue weighted by Gasteiger charge is 2.30. The number of benzene rings is 2. The van der Waals surface area contributed by atoms with Crippen molar-refractivity contribution in [2.45, 2.75) is 24.7 Å². The lowest BCUT2D eigenvalue weighted by Gasteiger charge is -2.13. The molecule has 0 aliphatic heterocycles. The molecule has 0 aliphatic rings. The van der Waals surface area contributed by atoms with Gasteiger partial charge in [0.2, 0.25) is 15.8 Å². The summed E-state index contributed by atoms with van der Waals surface area (Å²) in [6.45, 7) is 1.98. The third-order valence-electron chi connectivity index (χ3n) is 3.55. The number of carbonyl (C=O) groups is 1. The monoisotopic (exact) mass is 394 g/mol. The van der Waals surface area contributed by atoms with Crippen molar-refractivity contribution in [1.82, 2.24) is 4.72 Å². The van der Waals surface area contributed by atoms with Crippen molar-refractivity contribution in [3.05, 3.63) is 58.1 Å². The van der Waals surface area contributed by atoms with Crippen LogP contribution in [-0.4, -0.2) is 31.0 Å². The minimum absolute atomic E-state index is 0.106. The molecule has 0 aromatic heterocycles. The van der Waals surface area contributed by atoms with E-state index >= 15 is 0 Å². The molecular weight excluding hydrogens is 376 g/mol. The fourth-order valence-corrected chi connectivity index (χ4v) is 3.46. The molecule has 0 fully saturated rings. The molecule has 2 aromatic carbocycles. The Morgan fingerprint density at radius 3 is 2.48 bits per heavy atom. The highest BCUT2D eigenvalue weighted by Crippen LogP contribution is 2.38. The zero-order valence-electron chi connectivity index (χ0n) is 14.4. The Morgan fingerprint density at radius 1 is 1.26 bits per heavy atom. The van der Waals surface area contributed by atoms with Crippen LogP contribution >= 0.6 is 0 Å². The van der Waals surface area contributed by atoms with E-state index in [1.807, 2.05) is 6.92 Å². The molecular formula is C17H18N2O7S. The van der Waals surface area contributed by atoms with E-state index in [2.05, 4.69) is 4.72 Å². The number of carboxylic acid groups (broad SMARTS) is 1. The molecule has 0 spiro atoms. The van der Waals surface area contributed by atoms with Crippen molar-refractivity contribution in [3.63, 3.8) is 0 Å². The number of carboxylic acids is 1. The molecule has 0 bridgehead atoms. The van der Waals surface area contributed by atoms with Gasteiger partial charge in [0.15, 0.2) is 0 Å². The van der Waals surface area contributed by atoms with Crippen LogP contribution in [0, 0.1) is 10.1 Å². The van der Waals surface area contributed by atoms with Crippen molar-refractivity contribution in [2.75, 3.05) is 6.54 Å². The van der Waals surface area contributed by atoms with E-state index < -0.39 is 42.8 Å². The zero-order valence-corrected chi connectivity index (χ0v) is 15.2. The van der Waals surface area contributed by atoms with E-state index in [0.29, 0.717) is 6.42 Å². The van der Waals surface area contributed by atoms with Crippen LogP contribution in [0.4, 0.5) is 5.69 Å². The molecule has 2 N–H and O–H groups in total. The summed E-state index contributed by atoms with van der Waals surface area (Å²) in [6.07, 6.45) is 1.28. The summed E-state index contributed by atoms with van der Waals surface area (Å²) in [5.74, 6) is -1.86. The number of nitro groups is 1. The largest absolute Gasteiger partial charge is 0.478 e. The molecule has 10 heteroatoms. The van der Waals surface area contributed by atoms with Gasteiger partial charge in [-0.05, 0) is 24.6 Å². The second-order valence-electron chi connectivity index (χ2n) is 5.55. The third-order valence-corrected chi connectivity index (χ3v) is 5.02. The van der Waals surface area contributed by atoms with Gasteiger partial charge >= 0.3 is 11.7 Å². The van der Waals surface area contributed by atoms with Crippen LogP contribution in [0.2, 0.25) is 0 Å². The maximum atomic E-state index is 12.7. The van der Waals surface area contributed by atoms with Gasteiger partial charge < -0.3 is 9.84 Å². The SMILES string of the molecule is CCCCNS(=O)(=O)c1cc(C(=O)O)cc([N+](=O)[O-])c1Oc1ccccc1. The standard InChI is InChI=1S/C17H18N2O7S/c1-2-3-9-18-27(24,25)15-11-12(17(20)21)10-14(19(22)23)16(15)26-13-7-5-4-6-8-13/h4-8,10-11,18H,2-3,9H2,1H3,(H,20,21). The lowest BCUT2D eigenvalue weighted by molar-refractivity contribution is -0.385. The number of hydrogen-bond donors (Lipinski definition) is 2. The quantitative estimate of drug-likeness (QED) is 0.379.